The van der Waals surface area contributed by atoms with Gasteiger partial charge in [0, 0.05) is 5.70 Å². The fourth-order valence-corrected chi connectivity index (χ4v) is 1.11. The van der Waals surface area contributed by atoms with Crippen molar-refractivity contribution in [2.75, 3.05) is 0 Å². The molecule has 0 fully saturated rings. The first kappa shape index (κ1) is 12.7. The summed E-state index contributed by atoms with van der Waals surface area (Å²) in [4.78, 5) is 21.5. The van der Waals surface area contributed by atoms with E-state index in [4.69, 9.17) is 5.11 Å². The molecule has 4 heteroatoms. The average molecular weight is 199 g/mol. The number of carbonyl (C=O) groups excluding carboxylic acids is 1. The first-order valence-electron chi connectivity index (χ1n) is 4.52. The zero-order valence-corrected chi connectivity index (χ0v) is 9.00. The predicted octanol–water partition coefficient (Wildman–Crippen LogP) is 1.18. The summed E-state index contributed by atoms with van der Waals surface area (Å²) in [5.41, 5.74) is 0.582. The summed E-state index contributed by atoms with van der Waals surface area (Å²) in [5, 5.41) is 11.6. The van der Waals surface area contributed by atoms with Crippen LogP contribution < -0.4 is 5.32 Å². The molecule has 0 aliphatic heterocycles. The summed E-state index contributed by atoms with van der Waals surface area (Å²) in [7, 11) is 0. The molecule has 0 radical (unpaired) electrons. The lowest BCUT2D eigenvalue weighted by Crippen LogP contribution is -2.39. The Morgan fingerprint density at radius 1 is 1.29 bits per heavy atom. The van der Waals surface area contributed by atoms with Crippen LogP contribution in [0.25, 0.3) is 0 Å². The van der Waals surface area contributed by atoms with Gasteiger partial charge in [-0.05, 0) is 25.8 Å². The summed E-state index contributed by atoms with van der Waals surface area (Å²) in [6.07, 6.45) is 1.39. The Hall–Kier alpha value is -1.32. The van der Waals surface area contributed by atoms with Gasteiger partial charge in [0.25, 0.3) is 0 Å². The van der Waals surface area contributed by atoms with Gasteiger partial charge in [0.15, 0.2) is 5.78 Å². The average Bonchev–Trinajstić information content (AvgIpc) is 1.97. The minimum atomic E-state index is -0.906. The SMILES string of the molecule is CC(=O)/C=C(/C)N[C@H](C(=O)O)C(C)C. The van der Waals surface area contributed by atoms with Crippen LogP contribution in [0.3, 0.4) is 0 Å². The van der Waals surface area contributed by atoms with Crippen molar-refractivity contribution >= 4 is 11.8 Å². The monoisotopic (exact) mass is 199 g/mol. The van der Waals surface area contributed by atoms with Crippen molar-refractivity contribution in [3.05, 3.63) is 11.8 Å². The van der Waals surface area contributed by atoms with E-state index >= 15 is 0 Å². The van der Waals surface area contributed by atoms with Crippen LogP contribution in [-0.4, -0.2) is 22.9 Å². The summed E-state index contributed by atoms with van der Waals surface area (Å²) < 4.78 is 0. The van der Waals surface area contributed by atoms with E-state index in [0.29, 0.717) is 5.70 Å². The minimum absolute atomic E-state index is 0.0252. The van der Waals surface area contributed by atoms with Gasteiger partial charge < -0.3 is 10.4 Å². The normalized spacial score (nSPS) is 13.9. The zero-order chi connectivity index (χ0) is 11.3. The first-order valence-corrected chi connectivity index (χ1v) is 4.52. The molecule has 0 aromatic heterocycles. The summed E-state index contributed by atoms with van der Waals surface area (Å²) in [6.45, 7) is 6.73. The molecule has 0 aromatic rings. The highest BCUT2D eigenvalue weighted by Gasteiger charge is 2.20. The molecule has 0 unspecified atom stereocenters. The second kappa shape index (κ2) is 5.42. The Bertz CT molecular complexity index is 256. The number of aliphatic carboxylic acids is 1. The lowest BCUT2D eigenvalue weighted by Gasteiger charge is -2.19. The van der Waals surface area contributed by atoms with E-state index in [0.717, 1.165) is 0 Å². The van der Waals surface area contributed by atoms with Gasteiger partial charge in [0.05, 0.1) is 0 Å². The Morgan fingerprint density at radius 3 is 2.07 bits per heavy atom. The molecule has 0 heterocycles. The van der Waals surface area contributed by atoms with Crippen LogP contribution in [0.15, 0.2) is 11.8 Å². The summed E-state index contributed by atoms with van der Waals surface area (Å²) >= 11 is 0. The molecule has 14 heavy (non-hydrogen) atoms. The second-order valence-corrected chi connectivity index (χ2v) is 3.64. The van der Waals surface area contributed by atoms with E-state index in [2.05, 4.69) is 5.32 Å². The lowest BCUT2D eigenvalue weighted by molar-refractivity contribution is -0.140. The van der Waals surface area contributed by atoms with Crippen LogP contribution in [0.4, 0.5) is 0 Å². The van der Waals surface area contributed by atoms with Crippen LogP contribution >= 0.6 is 0 Å². The van der Waals surface area contributed by atoms with Crippen LogP contribution in [0.1, 0.15) is 27.7 Å². The number of rotatable bonds is 5. The van der Waals surface area contributed by atoms with Crippen molar-refractivity contribution in [1.29, 1.82) is 0 Å². The van der Waals surface area contributed by atoms with Crippen molar-refractivity contribution < 1.29 is 14.7 Å². The third-order valence-corrected chi connectivity index (χ3v) is 1.74. The fourth-order valence-electron chi connectivity index (χ4n) is 1.11. The Labute approximate surface area is 84.0 Å². The number of carbonyl (C=O) groups is 2. The number of carboxylic acid groups (broad SMARTS) is 1. The predicted molar refractivity (Wildman–Crippen MR) is 53.8 cm³/mol. The molecule has 4 nitrogen and oxygen atoms in total. The Kier molecular flexibility index (Phi) is 4.91. The molecule has 0 amide bonds. The molecule has 0 spiro atoms. The van der Waals surface area contributed by atoms with E-state index in [9.17, 15) is 9.59 Å². The maximum atomic E-state index is 10.8. The molecule has 0 saturated heterocycles. The number of allylic oxidation sites excluding steroid dienone is 2. The van der Waals surface area contributed by atoms with Gasteiger partial charge in [-0.15, -0.1) is 0 Å². The van der Waals surface area contributed by atoms with E-state index in [1.54, 1.807) is 6.92 Å². The van der Waals surface area contributed by atoms with Gasteiger partial charge in [0.2, 0.25) is 0 Å². The number of hydrogen-bond acceptors (Lipinski definition) is 3. The third kappa shape index (κ3) is 4.64. The zero-order valence-electron chi connectivity index (χ0n) is 9.00. The molecular weight excluding hydrogens is 182 g/mol. The molecule has 0 aliphatic rings. The van der Waals surface area contributed by atoms with Crippen LogP contribution in [-0.2, 0) is 9.59 Å². The fraction of sp³-hybridized carbons (Fsp3) is 0.600. The smallest absolute Gasteiger partial charge is 0.326 e. The molecule has 0 aliphatic carbocycles. The summed E-state index contributed by atoms with van der Waals surface area (Å²) in [6, 6.07) is -0.648. The van der Waals surface area contributed by atoms with Gasteiger partial charge >= 0.3 is 5.97 Å². The van der Waals surface area contributed by atoms with Crippen molar-refractivity contribution in [2.45, 2.75) is 33.7 Å². The van der Waals surface area contributed by atoms with E-state index in [1.807, 2.05) is 13.8 Å². The third-order valence-electron chi connectivity index (χ3n) is 1.74. The van der Waals surface area contributed by atoms with E-state index in [-0.39, 0.29) is 11.7 Å². The van der Waals surface area contributed by atoms with Crippen molar-refractivity contribution in [1.82, 2.24) is 5.32 Å². The highest BCUT2D eigenvalue weighted by molar-refractivity contribution is 5.87. The lowest BCUT2D eigenvalue weighted by atomic mass is 10.0. The maximum absolute atomic E-state index is 10.8. The number of hydrogen-bond donors (Lipinski definition) is 2. The topological polar surface area (TPSA) is 66.4 Å². The maximum Gasteiger partial charge on any atom is 0.326 e. The number of carboxylic acids is 1. The van der Waals surface area contributed by atoms with Crippen molar-refractivity contribution in [3.8, 4) is 0 Å². The molecule has 0 aromatic carbocycles. The van der Waals surface area contributed by atoms with E-state index in [1.165, 1.54) is 13.0 Å². The van der Waals surface area contributed by atoms with Crippen molar-refractivity contribution in [3.63, 3.8) is 0 Å². The largest absolute Gasteiger partial charge is 0.480 e. The molecular formula is C10H17NO3. The molecule has 2 N–H and O–H groups in total. The minimum Gasteiger partial charge on any atom is -0.480 e. The molecule has 1 atom stereocenters. The molecule has 0 saturated carbocycles. The van der Waals surface area contributed by atoms with Crippen molar-refractivity contribution in [2.24, 2.45) is 5.92 Å². The van der Waals surface area contributed by atoms with Crippen LogP contribution in [0.2, 0.25) is 0 Å². The van der Waals surface area contributed by atoms with Gasteiger partial charge in [0.1, 0.15) is 6.04 Å². The van der Waals surface area contributed by atoms with Crippen LogP contribution in [0.5, 0.6) is 0 Å². The Morgan fingerprint density at radius 2 is 1.79 bits per heavy atom. The van der Waals surface area contributed by atoms with Gasteiger partial charge in [-0.1, -0.05) is 13.8 Å². The highest BCUT2D eigenvalue weighted by atomic mass is 16.4. The quantitative estimate of drug-likeness (QED) is 0.652. The molecule has 80 valence electrons. The van der Waals surface area contributed by atoms with Gasteiger partial charge in [-0.3, -0.25) is 4.79 Å². The van der Waals surface area contributed by atoms with Crippen LogP contribution in [0, 0.1) is 5.92 Å². The van der Waals surface area contributed by atoms with E-state index < -0.39 is 12.0 Å². The molecule has 0 bridgehead atoms. The molecule has 0 rings (SSSR count). The summed E-state index contributed by atoms with van der Waals surface area (Å²) in [5.74, 6) is -1.03. The number of nitrogens with one attached hydrogen (secondary N) is 1. The van der Waals surface area contributed by atoms with Gasteiger partial charge in [-0.25, -0.2) is 4.79 Å². The second-order valence-electron chi connectivity index (χ2n) is 3.64. The number of ketones is 1. The first-order chi connectivity index (χ1) is 6.34. The van der Waals surface area contributed by atoms with Gasteiger partial charge in [-0.2, -0.15) is 0 Å². The highest BCUT2D eigenvalue weighted by Crippen LogP contribution is 2.04. The Balaban J connectivity index is 4.46. The standard InChI is InChI=1S/C10H17NO3/c1-6(2)9(10(13)14)11-7(3)5-8(4)12/h5-6,9,11H,1-4H3,(H,13,14)/b7-5-/t9-/m0/s1.